The molecular formula is C22H35FN4O3. The van der Waals surface area contributed by atoms with Gasteiger partial charge in [-0.1, -0.05) is 6.07 Å². The molecule has 1 aliphatic rings. The number of amides is 1. The molecule has 8 heteroatoms. The summed E-state index contributed by atoms with van der Waals surface area (Å²) in [5.41, 5.74) is 0.772. The average Bonchev–Trinajstić information content (AvgIpc) is 3.54. The molecule has 168 valence electrons. The van der Waals surface area contributed by atoms with E-state index in [-0.39, 0.29) is 30.1 Å². The number of rotatable bonds is 12. The third-order valence-electron chi connectivity index (χ3n) is 4.81. The van der Waals surface area contributed by atoms with E-state index in [9.17, 15) is 9.18 Å². The average molecular weight is 423 g/mol. The summed E-state index contributed by atoms with van der Waals surface area (Å²) in [6.07, 6.45) is 3.14. The Hall–Kier alpha value is -2.35. The van der Waals surface area contributed by atoms with E-state index >= 15 is 0 Å². The largest absolute Gasteiger partial charge is 0.490 e. The summed E-state index contributed by atoms with van der Waals surface area (Å²) in [6, 6.07) is 4.80. The van der Waals surface area contributed by atoms with Crippen molar-refractivity contribution in [2.24, 2.45) is 10.9 Å². The highest BCUT2D eigenvalue weighted by molar-refractivity contribution is 5.85. The van der Waals surface area contributed by atoms with Gasteiger partial charge in [-0.05, 0) is 56.7 Å². The predicted octanol–water partition coefficient (Wildman–Crippen LogP) is 2.73. The molecule has 0 radical (unpaired) electrons. The summed E-state index contributed by atoms with van der Waals surface area (Å²) in [5.74, 6) is 0.900. The minimum atomic E-state index is -0.368. The van der Waals surface area contributed by atoms with Crippen molar-refractivity contribution in [3.8, 4) is 5.75 Å². The molecule has 1 amide bonds. The summed E-state index contributed by atoms with van der Waals surface area (Å²) >= 11 is 0. The minimum absolute atomic E-state index is 0.0306. The summed E-state index contributed by atoms with van der Waals surface area (Å²) in [6.45, 7) is 6.46. The molecule has 0 saturated heterocycles. The van der Waals surface area contributed by atoms with E-state index < -0.39 is 0 Å². The fourth-order valence-electron chi connectivity index (χ4n) is 2.65. The number of ether oxygens (including phenoxy) is 2. The predicted molar refractivity (Wildman–Crippen MR) is 116 cm³/mol. The fraction of sp³-hybridized carbons (Fsp3) is 0.636. The van der Waals surface area contributed by atoms with Crippen LogP contribution in [0.25, 0.3) is 0 Å². The summed E-state index contributed by atoms with van der Waals surface area (Å²) < 4.78 is 25.3. The van der Waals surface area contributed by atoms with Gasteiger partial charge in [0.15, 0.2) is 17.5 Å². The van der Waals surface area contributed by atoms with Crippen molar-refractivity contribution < 1.29 is 18.7 Å². The van der Waals surface area contributed by atoms with E-state index in [1.807, 2.05) is 19.9 Å². The maximum atomic E-state index is 14.4. The van der Waals surface area contributed by atoms with Crippen molar-refractivity contribution in [2.45, 2.75) is 39.2 Å². The van der Waals surface area contributed by atoms with Crippen molar-refractivity contribution in [3.63, 3.8) is 0 Å². The number of nitrogens with zero attached hydrogens (tertiary/aromatic N) is 2. The molecule has 2 N–H and O–H groups in total. The Bertz CT molecular complexity index is 708. The molecule has 1 unspecified atom stereocenters. The molecule has 0 aliphatic heterocycles. The maximum absolute atomic E-state index is 14.4. The van der Waals surface area contributed by atoms with Crippen LogP contribution < -0.4 is 15.4 Å². The zero-order valence-electron chi connectivity index (χ0n) is 18.5. The monoisotopic (exact) mass is 422 g/mol. The van der Waals surface area contributed by atoms with Crippen molar-refractivity contribution >= 4 is 11.9 Å². The van der Waals surface area contributed by atoms with Gasteiger partial charge in [0.2, 0.25) is 5.91 Å². The molecule has 1 aromatic carbocycles. The molecular weight excluding hydrogens is 387 g/mol. The summed E-state index contributed by atoms with van der Waals surface area (Å²) in [5, 5.41) is 6.45. The molecule has 0 spiro atoms. The van der Waals surface area contributed by atoms with Gasteiger partial charge in [-0.2, -0.15) is 0 Å². The van der Waals surface area contributed by atoms with Crippen LogP contribution >= 0.6 is 0 Å². The normalized spacial score (nSPS) is 14.9. The molecule has 0 heterocycles. The number of likely N-dealkylation sites (N-methyl/N-ethyl adjacent to an activating group) is 1. The van der Waals surface area contributed by atoms with E-state index in [0.717, 1.165) is 24.8 Å². The first kappa shape index (κ1) is 23.9. The Labute approximate surface area is 179 Å². The second-order valence-corrected chi connectivity index (χ2v) is 7.74. The van der Waals surface area contributed by atoms with Crippen LogP contribution in [0, 0.1) is 11.7 Å². The highest BCUT2D eigenvalue weighted by Crippen LogP contribution is 2.30. The van der Waals surface area contributed by atoms with Gasteiger partial charge in [-0.15, -0.1) is 0 Å². The van der Waals surface area contributed by atoms with Gasteiger partial charge in [0.25, 0.3) is 0 Å². The Morgan fingerprint density at radius 1 is 1.37 bits per heavy atom. The number of hydrogen-bond acceptors (Lipinski definition) is 4. The molecule has 1 aromatic rings. The van der Waals surface area contributed by atoms with Crippen LogP contribution in [-0.4, -0.2) is 63.8 Å². The standard InChI is InChI=1S/C22H35FN4O3/c1-5-29-12-6-11-24-22(25-14-21(28)27(3)4)26-16(2)18-9-10-20(19(23)13-18)30-15-17-7-8-17/h9-10,13,16-17H,5-8,11-12,14-15H2,1-4H3,(H2,24,25,26). The summed E-state index contributed by atoms with van der Waals surface area (Å²) in [4.78, 5) is 17.8. The lowest BCUT2D eigenvalue weighted by Crippen LogP contribution is -2.40. The van der Waals surface area contributed by atoms with Crippen LogP contribution in [0.1, 0.15) is 44.7 Å². The molecule has 7 nitrogen and oxygen atoms in total. The second kappa shape index (κ2) is 12.4. The van der Waals surface area contributed by atoms with Crippen molar-refractivity contribution in [2.75, 3.05) is 47.0 Å². The lowest BCUT2D eigenvalue weighted by atomic mass is 10.1. The maximum Gasteiger partial charge on any atom is 0.243 e. The van der Waals surface area contributed by atoms with Gasteiger partial charge in [0, 0.05) is 33.9 Å². The number of aliphatic imine (C=N–C) groups is 1. The topological polar surface area (TPSA) is 75.2 Å². The minimum Gasteiger partial charge on any atom is -0.490 e. The van der Waals surface area contributed by atoms with Gasteiger partial charge in [0.05, 0.1) is 12.6 Å². The van der Waals surface area contributed by atoms with Crippen molar-refractivity contribution in [3.05, 3.63) is 29.6 Å². The number of halogens is 1. The molecule has 1 saturated carbocycles. The van der Waals surface area contributed by atoms with Crippen LogP contribution in [0.4, 0.5) is 4.39 Å². The lowest BCUT2D eigenvalue weighted by molar-refractivity contribution is -0.127. The third-order valence-corrected chi connectivity index (χ3v) is 4.81. The number of benzene rings is 1. The summed E-state index contributed by atoms with van der Waals surface area (Å²) in [7, 11) is 3.39. The van der Waals surface area contributed by atoms with E-state index in [1.165, 1.54) is 11.0 Å². The molecule has 1 atom stereocenters. The molecule has 2 rings (SSSR count). The highest BCUT2D eigenvalue weighted by Gasteiger charge is 2.22. The molecule has 30 heavy (non-hydrogen) atoms. The van der Waals surface area contributed by atoms with E-state index in [2.05, 4.69) is 15.6 Å². The Balaban J connectivity index is 1.96. The lowest BCUT2D eigenvalue weighted by Gasteiger charge is -2.20. The number of hydrogen-bond donors (Lipinski definition) is 2. The zero-order chi connectivity index (χ0) is 21.9. The first-order valence-corrected chi connectivity index (χ1v) is 10.7. The Morgan fingerprint density at radius 2 is 2.13 bits per heavy atom. The Morgan fingerprint density at radius 3 is 2.77 bits per heavy atom. The van der Waals surface area contributed by atoms with Gasteiger partial charge in [0.1, 0.15) is 6.54 Å². The number of guanidine groups is 1. The quantitative estimate of drug-likeness (QED) is 0.308. The molecule has 1 aliphatic carbocycles. The molecule has 1 fully saturated rings. The van der Waals surface area contributed by atoms with Crippen LogP contribution in [0.5, 0.6) is 5.75 Å². The van der Waals surface area contributed by atoms with Gasteiger partial charge >= 0.3 is 0 Å². The first-order valence-electron chi connectivity index (χ1n) is 10.7. The van der Waals surface area contributed by atoms with Crippen LogP contribution in [0.2, 0.25) is 0 Å². The van der Waals surface area contributed by atoms with Crippen LogP contribution in [-0.2, 0) is 9.53 Å². The van der Waals surface area contributed by atoms with Gasteiger partial charge in [-0.25, -0.2) is 9.38 Å². The van der Waals surface area contributed by atoms with Crippen molar-refractivity contribution in [1.82, 2.24) is 15.5 Å². The number of nitrogens with one attached hydrogen (secondary N) is 2. The van der Waals surface area contributed by atoms with Gasteiger partial charge in [-0.3, -0.25) is 4.79 Å². The second-order valence-electron chi connectivity index (χ2n) is 7.74. The van der Waals surface area contributed by atoms with E-state index in [0.29, 0.717) is 38.2 Å². The smallest absolute Gasteiger partial charge is 0.243 e. The fourth-order valence-corrected chi connectivity index (χ4v) is 2.65. The number of carbonyl (C=O) groups excluding carboxylic acids is 1. The highest BCUT2D eigenvalue weighted by atomic mass is 19.1. The van der Waals surface area contributed by atoms with E-state index in [4.69, 9.17) is 9.47 Å². The van der Waals surface area contributed by atoms with Crippen LogP contribution in [0.15, 0.2) is 23.2 Å². The third kappa shape index (κ3) is 8.57. The van der Waals surface area contributed by atoms with Crippen molar-refractivity contribution in [1.29, 1.82) is 0 Å². The SMILES string of the molecule is CCOCCCNC(=NCC(=O)N(C)C)NC(C)c1ccc(OCC2CC2)c(F)c1. The first-order chi connectivity index (χ1) is 14.4. The van der Waals surface area contributed by atoms with Gasteiger partial charge < -0.3 is 25.0 Å². The molecule has 0 bridgehead atoms. The molecule has 0 aromatic heterocycles. The number of carbonyl (C=O) groups is 1. The Kier molecular flexibility index (Phi) is 9.86. The van der Waals surface area contributed by atoms with E-state index in [1.54, 1.807) is 20.2 Å². The zero-order valence-corrected chi connectivity index (χ0v) is 18.5. The van der Waals surface area contributed by atoms with Crippen LogP contribution in [0.3, 0.4) is 0 Å².